The smallest absolute Gasteiger partial charge is 0.119 e. The summed E-state index contributed by atoms with van der Waals surface area (Å²) in [6, 6.07) is 42.7. The maximum atomic E-state index is 6.03. The number of hydrogen-bond donors (Lipinski definition) is 1. The number of nitrogens with zero attached hydrogens (tertiary/aromatic N) is 2. The Hall–Kier alpha value is -4.42. The Bertz CT molecular complexity index is 1510. The number of ether oxygens (including phenoxy) is 2. The van der Waals surface area contributed by atoms with Gasteiger partial charge in [-0.2, -0.15) is 0 Å². The Labute approximate surface area is 275 Å². The molecule has 238 valence electrons. The summed E-state index contributed by atoms with van der Waals surface area (Å²) in [4.78, 5) is 4.71. The molecule has 46 heavy (non-hydrogen) atoms. The molecule has 0 radical (unpaired) electrons. The van der Waals surface area contributed by atoms with Crippen LogP contribution in [0.15, 0.2) is 121 Å². The van der Waals surface area contributed by atoms with E-state index in [2.05, 4.69) is 128 Å². The van der Waals surface area contributed by atoms with Crippen LogP contribution >= 0.6 is 0 Å². The molecule has 0 heterocycles. The predicted octanol–water partition coefficient (Wildman–Crippen LogP) is 8.13. The maximum absolute atomic E-state index is 6.03. The Morgan fingerprint density at radius 2 is 0.826 bits per heavy atom. The lowest BCUT2D eigenvalue weighted by molar-refractivity contribution is 0.303. The molecular weight excluding hydrogens is 566 g/mol. The molecule has 0 atom stereocenters. The number of rotatable bonds is 16. The zero-order valence-electron chi connectivity index (χ0n) is 27.5. The van der Waals surface area contributed by atoms with Gasteiger partial charge in [0.1, 0.15) is 24.7 Å². The van der Waals surface area contributed by atoms with Gasteiger partial charge in [0.15, 0.2) is 0 Å². The lowest BCUT2D eigenvalue weighted by Crippen LogP contribution is -2.18. The highest BCUT2D eigenvalue weighted by molar-refractivity contribution is 5.30. The van der Waals surface area contributed by atoms with Gasteiger partial charge in [0.05, 0.1) is 0 Å². The third-order valence-corrected chi connectivity index (χ3v) is 8.12. The van der Waals surface area contributed by atoms with E-state index in [1.54, 1.807) is 0 Å². The van der Waals surface area contributed by atoms with Crippen molar-refractivity contribution in [3.63, 3.8) is 0 Å². The quantitative estimate of drug-likeness (QED) is 0.122. The predicted molar refractivity (Wildman–Crippen MR) is 188 cm³/mol. The zero-order chi connectivity index (χ0) is 32.1. The lowest BCUT2D eigenvalue weighted by atomic mass is 10.1. The zero-order valence-corrected chi connectivity index (χ0v) is 27.5. The number of aryl methyl sites for hydroxylation is 1. The number of nitrogens with two attached hydrogens (primary N) is 1. The first-order chi connectivity index (χ1) is 22.4. The molecule has 0 aromatic heterocycles. The van der Waals surface area contributed by atoms with Crippen LogP contribution in [-0.2, 0) is 52.4 Å². The molecule has 0 aliphatic carbocycles. The first-order valence-electron chi connectivity index (χ1n) is 16.2. The number of hydrogen-bond acceptors (Lipinski definition) is 5. The maximum Gasteiger partial charge on any atom is 0.119 e. The largest absolute Gasteiger partial charge is 0.489 e. The highest BCUT2D eigenvalue weighted by atomic mass is 16.5. The first kappa shape index (κ1) is 33.0. The first-order valence-corrected chi connectivity index (χ1v) is 16.2. The number of benzene rings is 5. The standard InChI is InChI=1S/C41H47N3O2/c1-4-32-15-19-40(20-16-32)45-30-38-9-5-7-36(23-38)28-43(2)26-34-11-13-35(14-12-34)27-44(3)29-37-8-6-10-39(24-37)31-46-41-21-17-33(25-42)18-22-41/h5-24H,4,25-31,42H2,1-3H3. The molecule has 0 fully saturated rings. The van der Waals surface area contributed by atoms with E-state index in [0.29, 0.717) is 19.8 Å². The van der Waals surface area contributed by atoms with Crippen LogP contribution in [0, 0.1) is 0 Å². The summed E-state index contributed by atoms with van der Waals surface area (Å²) in [5.74, 6) is 1.77. The topological polar surface area (TPSA) is 51.0 Å². The van der Waals surface area contributed by atoms with Gasteiger partial charge >= 0.3 is 0 Å². The molecule has 5 aromatic carbocycles. The lowest BCUT2D eigenvalue weighted by Gasteiger charge is -2.19. The van der Waals surface area contributed by atoms with Crippen molar-refractivity contribution in [1.29, 1.82) is 0 Å². The van der Waals surface area contributed by atoms with Gasteiger partial charge in [-0.1, -0.05) is 104 Å². The van der Waals surface area contributed by atoms with Gasteiger partial charge in [-0.3, -0.25) is 9.80 Å². The minimum Gasteiger partial charge on any atom is -0.489 e. The van der Waals surface area contributed by atoms with Crippen molar-refractivity contribution in [1.82, 2.24) is 9.80 Å². The van der Waals surface area contributed by atoms with E-state index >= 15 is 0 Å². The van der Waals surface area contributed by atoms with Crippen molar-refractivity contribution in [3.8, 4) is 11.5 Å². The van der Waals surface area contributed by atoms with Crippen LogP contribution in [0.2, 0.25) is 0 Å². The molecule has 0 aliphatic heterocycles. The highest BCUT2D eigenvalue weighted by Crippen LogP contribution is 2.18. The van der Waals surface area contributed by atoms with Gasteiger partial charge in [-0.05, 0) is 89.3 Å². The van der Waals surface area contributed by atoms with E-state index in [0.717, 1.165) is 49.7 Å². The minimum atomic E-state index is 0.542. The van der Waals surface area contributed by atoms with Crippen LogP contribution in [0.4, 0.5) is 0 Å². The van der Waals surface area contributed by atoms with Crippen LogP contribution in [0.3, 0.4) is 0 Å². The molecule has 5 nitrogen and oxygen atoms in total. The van der Waals surface area contributed by atoms with Gasteiger partial charge in [0, 0.05) is 32.7 Å². The van der Waals surface area contributed by atoms with Gasteiger partial charge in [0.2, 0.25) is 0 Å². The van der Waals surface area contributed by atoms with Gasteiger partial charge in [0.25, 0.3) is 0 Å². The molecule has 2 N–H and O–H groups in total. The van der Waals surface area contributed by atoms with E-state index in [9.17, 15) is 0 Å². The second-order valence-electron chi connectivity index (χ2n) is 12.2. The molecule has 0 unspecified atom stereocenters. The molecule has 5 rings (SSSR count). The summed E-state index contributed by atoms with van der Waals surface area (Å²) < 4.78 is 12.0. The van der Waals surface area contributed by atoms with Crippen LogP contribution in [0.25, 0.3) is 0 Å². The van der Waals surface area contributed by atoms with Crippen molar-refractivity contribution >= 4 is 0 Å². The van der Waals surface area contributed by atoms with Crippen LogP contribution in [0.5, 0.6) is 11.5 Å². The van der Waals surface area contributed by atoms with E-state index in [1.165, 1.54) is 38.9 Å². The van der Waals surface area contributed by atoms with E-state index in [4.69, 9.17) is 15.2 Å². The average Bonchev–Trinajstić information content (AvgIpc) is 3.08. The molecule has 5 aromatic rings. The molecule has 0 aliphatic rings. The van der Waals surface area contributed by atoms with Crippen molar-refractivity contribution in [3.05, 3.63) is 166 Å². The fourth-order valence-corrected chi connectivity index (χ4v) is 5.62. The van der Waals surface area contributed by atoms with Gasteiger partial charge in [-0.25, -0.2) is 0 Å². The fourth-order valence-electron chi connectivity index (χ4n) is 5.62. The van der Waals surface area contributed by atoms with E-state index in [-0.39, 0.29) is 0 Å². The molecule has 0 amide bonds. The van der Waals surface area contributed by atoms with Crippen LogP contribution in [-0.4, -0.2) is 23.9 Å². The molecule has 0 spiro atoms. The molecule has 0 bridgehead atoms. The summed E-state index contributed by atoms with van der Waals surface area (Å²) in [5.41, 5.74) is 15.7. The summed E-state index contributed by atoms with van der Waals surface area (Å²) in [7, 11) is 4.35. The van der Waals surface area contributed by atoms with Crippen molar-refractivity contribution < 1.29 is 9.47 Å². The van der Waals surface area contributed by atoms with Crippen LogP contribution < -0.4 is 15.2 Å². The summed E-state index contributed by atoms with van der Waals surface area (Å²) >= 11 is 0. The molecular formula is C41H47N3O2. The summed E-state index contributed by atoms with van der Waals surface area (Å²) in [6.45, 7) is 7.37. The second kappa shape index (κ2) is 16.8. The van der Waals surface area contributed by atoms with Crippen LogP contribution in [0.1, 0.15) is 51.4 Å². The van der Waals surface area contributed by atoms with E-state index < -0.39 is 0 Å². The Kier molecular flexibility index (Phi) is 12.0. The summed E-state index contributed by atoms with van der Waals surface area (Å²) in [5, 5.41) is 0. The Balaban J connectivity index is 1.06. The SMILES string of the molecule is CCc1ccc(OCc2cccc(CN(C)Cc3ccc(CN(C)Cc4cccc(COc5ccc(CN)cc5)c4)cc3)c2)cc1. The van der Waals surface area contributed by atoms with Gasteiger partial charge in [-0.15, -0.1) is 0 Å². The van der Waals surface area contributed by atoms with Crippen molar-refractivity contribution in [2.45, 2.75) is 59.3 Å². The fraction of sp³-hybridized carbons (Fsp3) is 0.268. The molecule has 5 heteroatoms. The average molecular weight is 614 g/mol. The van der Waals surface area contributed by atoms with E-state index in [1.807, 2.05) is 24.3 Å². The van der Waals surface area contributed by atoms with Gasteiger partial charge < -0.3 is 15.2 Å². The third-order valence-electron chi connectivity index (χ3n) is 8.12. The van der Waals surface area contributed by atoms with Crippen molar-refractivity contribution in [2.75, 3.05) is 14.1 Å². The monoisotopic (exact) mass is 613 g/mol. The Morgan fingerprint density at radius 3 is 1.24 bits per heavy atom. The Morgan fingerprint density at radius 1 is 0.457 bits per heavy atom. The van der Waals surface area contributed by atoms with Crippen molar-refractivity contribution in [2.24, 2.45) is 5.73 Å². The second-order valence-corrected chi connectivity index (χ2v) is 12.2. The normalized spacial score (nSPS) is 11.3. The highest BCUT2D eigenvalue weighted by Gasteiger charge is 2.07. The molecule has 0 saturated carbocycles. The third kappa shape index (κ3) is 10.3. The summed E-state index contributed by atoms with van der Waals surface area (Å²) in [6.07, 6.45) is 1.04. The minimum absolute atomic E-state index is 0.542. The molecule has 0 saturated heterocycles.